The standard InChI is InChI=1S/C10H6BrNO/c11-10-5-12-4-8-2-1-7(6-13)3-9(8)10/h1-6H. The maximum Gasteiger partial charge on any atom is 0.150 e. The van der Waals surface area contributed by atoms with Gasteiger partial charge in [-0.05, 0) is 27.4 Å². The third kappa shape index (κ3) is 1.47. The Morgan fingerprint density at radius 1 is 1.31 bits per heavy atom. The molecular formula is C10H6BrNO. The Morgan fingerprint density at radius 2 is 2.15 bits per heavy atom. The first-order chi connectivity index (χ1) is 6.31. The molecule has 0 bridgehead atoms. The van der Waals surface area contributed by atoms with Crippen molar-refractivity contribution in [2.45, 2.75) is 0 Å². The van der Waals surface area contributed by atoms with Crippen LogP contribution < -0.4 is 0 Å². The molecule has 0 aliphatic carbocycles. The summed E-state index contributed by atoms with van der Waals surface area (Å²) in [4.78, 5) is 14.6. The van der Waals surface area contributed by atoms with Crippen LogP contribution in [0.3, 0.4) is 0 Å². The molecule has 0 atom stereocenters. The Bertz CT molecular complexity index is 467. The van der Waals surface area contributed by atoms with E-state index in [4.69, 9.17) is 0 Å². The third-order valence-corrected chi connectivity index (χ3v) is 2.50. The number of fused-ring (bicyclic) bond motifs is 1. The topological polar surface area (TPSA) is 30.0 Å². The highest BCUT2D eigenvalue weighted by molar-refractivity contribution is 9.10. The minimum Gasteiger partial charge on any atom is -0.298 e. The predicted octanol–water partition coefficient (Wildman–Crippen LogP) is 2.81. The van der Waals surface area contributed by atoms with E-state index in [0.29, 0.717) is 5.56 Å². The summed E-state index contributed by atoms with van der Waals surface area (Å²) < 4.78 is 0.911. The Labute approximate surface area is 83.7 Å². The quantitative estimate of drug-likeness (QED) is 0.712. The number of hydrogen-bond donors (Lipinski definition) is 0. The summed E-state index contributed by atoms with van der Waals surface area (Å²) in [6.45, 7) is 0. The molecule has 1 heterocycles. The normalized spacial score (nSPS) is 10.2. The number of carbonyl (C=O) groups is 1. The minimum absolute atomic E-state index is 0.680. The molecule has 0 fully saturated rings. The van der Waals surface area contributed by atoms with Crippen molar-refractivity contribution in [3.05, 3.63) is 40.6 Å². The largest absolute Gasteiger partial charge is 0.298 e. The lowest BCUT2D eigenvalue weighted by Crippen LogP contribution is -1.82. The molecule has 2 rings (SSSR count). The molecule has 0 unspecified atom stereocenters. The van der Waals surface area contributed by atoms with Crippen LogP contribution in [0.5, 0.6) is 0 Å². The van der Waals surface area contributed by atoms with Gasteiger partial charge in [0.15, 0.2) is 0 Å². The predicted molar refractivity (Wildman–Crippen MR) is 54.8 cm³/mol. The van der Waals surface area contributed by atoms with Crippen molar-refractivity contribution in [3.8, 4) is 0 Å². The number of aldehydes is 1. The average molecular weight is 236 g/mol. The molecule has 2 nitrogen and oxygen atoms in total. The van der Waals surface area contributed by atoms with Gasteiger partial charge in [0, 0.05) is 27.8 Å². The van der Waals surface area contributed by atoms with Crippen molar-refractivity contribution in [3.63, 3.8) is 0 Å². The smallest absolute Gasteiger partial charge is 0.150 e. The summed E-state index contributed by atoms with van der Waals surface area (Å²) in [6.07, 6.45) is 4.33. The number of benzene rings is 1. The van der Waals surface area contributed by atoms with Crippen molar-refractivity contribution in [1.82, 2.24) is 4.98 Å². The van der Waals surface area contributed by atoms with Gasteiger partial charge in [0.1, 0.15) is 6.29 Å². The summed E-state index contributed by atoms with van der Waals surface area (Å²) in [5.41, 5.74) is 0.680. The molecule has 0 aliphatic heterocycles. The fourth-order valence-corrected chi connectivity index (χ4v) is 1.68. The van der Waals surface area contributed by atoms with Gasteiger partial charge in [0.25, 0.3) is 0 Å². The first kappa shape index (κ1) is 8.38. The van der Waals surface area contributed by atoms with Gasteiger partial charge in [-0.2, -0.15) is 0 Å². The summed E-state index contributed by atoms with van der Waals surface area (Å²) in [5, 5.41) is 2.04. The van der Waals surface area contributed by atoms with Crippen LogP contribution in [0.4, 0.5) is 0 Å². The van der Waals surface area contributed by atoms with E-state index >= 15 is 0 Å². The van der Waals surface area contributed by atoms with Gasteiger partial charge in [-0.1, -0.05) is 12.1 Å². The molecule has 2 aromatic rings. The highest BCUT2D eigenvalue weighted by Crippen LogP contribution is 2.22. The number of aromatic nitrogens is 1. The highest BCUT2D eigenvalue weighted by atomic mass is 79.9. The Kier molecular flexibility index (Phi) is 2.10. The zero-order chi connectivity index (χ0) is 9.26. The molecule has 0 amide bonds. The number of carbonyl (C=O) groups excluding carboxylic acids is 1. The number of hydrogen-bond acceptors (Lipinski definition) is 2. The minimum atomic E-state index is 0.680. The molecule has 13 heavy (non-hydrogen) atoms. The number of rotatable bonds is 1. The Hall–Kier alpha value is -1.22. The van der Waals surface area contributed by atoms with Crippen molar-refractivity contribution < 1.29 is 4.79 Å². The SMILES string of the molecule is O=Cc1ccc2cncc(Br)c2c1. The van der Waals surface area contributed by atoms with Crippen LogP contribution >= 0.6 is 15.9 Å². The van der Waals surface area contributed by atoms with E-state index in [-0.39, 0.29) is 0 Å². The van der Waals surface area contributed by atoms with Crippen LogP contribution in [-0.2, 0) is 0 Å². The maximum absolute atomic E-state index is 10.5. The average Bonchev–Trinajstić information content (AvgIpc) is 2.18. The van der Waals surface area contributed by atoms with Crippen LogP contribution in [0.15, 0.2) is 35.1 Å². The van der Waals surface area contributed by atoms with Crippen molar-refractivity contribution in [2.24, 2.45) is 0 Å². The van der Waals surface area contributed by atoms with Crippen molar-refractivity contribution in [2.75, 3.05) is 0 Å². The van der Waals surface area contributed by atoms with E-state index in [9.17, 15) is 4.79 Å². The maximum atomic E-state index is 10.5. The van der Waals surface area contributed by atoms with E-state index < -0.39 is 0 Å². The first-order valence-corrected chi connectivity index (χ1v) is 4.59. The van der Waals surface area contributed by atoms with Gasteiger partial charge >= 0.3 is 0 Å². The fourth-order valence-electron chi connectivity index (χ4n) is 1.22. The summed E-state index contributed by atoms with van der Waals surface area (Å²) in [7, 11) is 0. The van der Waals surface area contributed by atoms with Gasteiger partial charge in [0.2, 0.25) is 0 Å². The van der Waals surface area contributed by atoms with Crippen molar-refractivity contribution >= 4 is 33.0 Å². The van der Waals surface area contributed by atoms with Crippen LogP contribution in [0, 0.1) is 0 Å². The van der Waals surface area contributed by atoms with Crippen molar-refractivity contribution in [1.29, 1.82) is 0 Å². The molecule has 3 heteroatoms. The summed E-state index contributed by atoms with van der Waals surface area (Å²) in [6, 6.07) is 5.51. The van der Waals surface area contributed by atoms with Crippen LogP contribution in [0.25, 0.3) is 10.8 Å². The lowest BCUT2D eigenvalue weighted by molar-refractivity contribution is 0.112. The van der Waals surface area contributed by atoms with Crippen LogP contribution in [-0.4, -0.2) is 11.3 Å². The van der Waals surface area contributed by atoms with Gasteiger partial charge in [-0.25, -0.2) is 0 Å². The van der Waals surface area contributed by atoms with E-state index in [2.05, 4.69) is 20.9 Å². The first-order valence-electron chi connectivity index (χ1n) is 3.80. The molecule has 0 spiro atoms. The van der Waals surface area contributed by atoms with E-state index in [1.54, 1.807) is 18.5 Å². The van der Waals surface area contributed by atoms with Crippen LogP contribution in [0.2, 0.25) is 0 Å². The number of halogens is 1. The zero-order valence-electron chi connectivity index (χ0n) is 6.70. The highest BCUT2D eigenvalue weighted by Gasteiger charge is 1.99. The molecule has 0 radical (unpaired) electrons. The molecule has 0 saturated carbocycles. The second kappa shape index (κ2) is 3.26. The number of nitrogens with zero attached hydrogens (tertiary/aromatic N) is 1. The molecule has 64 valence electrons. The second-order valence-corrected chi connectivity index (χ2v) is 3.57. The Balaban J connectivity index is 2.81. The lowest BCUT2D eigenvalue weighted by Gasteiger charge is -1.99. The van der Waals surface area contributed by atoms with E-state index in [0.717, 1.165) is 21.5 Å². The second-order valence-electron chi connectivity index (χ2n) is 2.72. The fraction of sp³-hybridized carbons (Fsp3) is 0. The molecule has 1 aromatic heterocycles. The monoisotopic (exact) mass is 235 g/mol. The lowest BCUT2D eigenvalue weighted by atomic mass is 10.1. The van der Waals surface area contributed by atoms with E-state index in [1.165, 1.54) is 0 Å². The summed E-state index contributed by atoms with van der Waals surface area (Å²) in [5.74, 6) is 0. The van der Waals surface area contributed by atoms with Crippen LogP contribution in [0.1, 0.15) is 10.4 Å². The van der Waals surface area contributed by atoms with Gasteiger partial charge in [-0.3, -0.25) is 9.78 Å². The van der Waals surface area contributed by atoms with Gasteiger partial charge in [-0.15, -0.1) is 0 Å². The summed E-state index contributed by atoms with van der Waals surface area (Å²) >= 11 is 3.38. The van der Waals surface area contributed by atoms with E-state index in [1.807, 2.05) is 12.1 Å². The third-order valence-electron chi connectivity index (χ3n) is 1.87. The molecular weight excluding hydrogens is 230 g/mol. The van der Waals surface area contributed by atoms with Gasteiger partial charge in [0.05, 0.1) is 0 Å². The molecule has 0 saturated heterocycles. The molecule has 0 aliphatic rings. The molecule has 0 N–H and O–H groups in total. The zero-order valence-corrected chi connectivity index (χ0v) is 8.28. The van der Waals surface area contributed by atoms with Gasteiger partial charge < -0.3 is 0 Å². The molecule has 1 aromatic carbocycles. The Morgan fingerprint density at radius 3 is 2.92 bits per heavy atom. The number of pyridine rings is 1.